The molecule has 2 aromatic carbocycles. The summed E-state index contributed by atoms with van der Waals surface area (Å²) < 4.78 is 58.9. The lowest BCUT2D eigenvalue weighted by Gasteiger charge is -2.08. The Morgan fingerprint density at radius 1 is 1.12 bits per heavy atom. The van der Waals surface area contributed by atoms with Crippen molar-refractivity contribution >= 4 is 38.9 Å². The number of aliphatic carboxylic acids is 1. The van der Waals surface area contributed by atoms with Gasteiger partial charge in [0, 0.05) is 11.6 Å². The van der Waals surface area contributed by atoms with E-state index in [-0.39, 0.29) is 18.6 Å². The van der Waals surface area contributed by atoms with Crippen LogP contribution >= 0.6 is 22.7 Å². The molecule has 0 atom stereocenters. The highest BCUT2D eigenvalue weighted by Gasteiger charge is 2.34. The van der Waals surface area contributed by atoms with Crippen LogP contribution in [0.25, 0.3) is 20.8 Å². The largest absolute Gasteiger partial charge is 0.488 e. The van der Waals surface area contributed by atoms with Crippen LogP contribution < -0.4 is 4.74 Å². The van der Waals surface area contributed by atoms with Crippen molar-refractivity contribution in [2.45, 2.75) is 26.1 Å². The molecule has 1 N–H and O–H groups in total. The van der Waals surface area contributed by atoms with Gasteiger partial charge in [0.15, 0.2) is 0 Å². The number of carboxylic acids is 1. The second-order valence-electron chi connectivity index (χ2n) is 6.82. The fourth-order valence-electron chi connectivity index (χ4n) is 2.96. The first-order valence-corrected chi connectivity index (χ1v) is 10.8. The summed E-state index contributed by atoms with van der Waals surface area (Å²) in [4.78, 5) is 20.2. The van der Waals surface area contributed by atoms with Crippen molar-refractivity contribution in [3.05, 3.63) is 63.4 Å². The van der Waals surface area contributed by atoms with E-state index in [0.717, 1.165) is 15.6 Å². The zero-order valence-electron chi connectivity index (χ0n) is 16.4. The molecule has 32 heavy (non-hydrogen) atoms. The van der Waals surface area contributed by atoms with Crippen LogP contribution in [0.3, 0.4) is 0 Å². The van der Waals surface area contributed by atoms with E-state index in [1.165, 1.54) is 28.7 Å². The molecule has 0 aliphatic heterocycles. The number of halogens is 4. The van der Waals surface area contributed by atoms with Gasteiger partial charge in [-0.05, 0) is 31.2 Å². The van der Waals surface area contributed by atoms with E-state index < -0.39 is 23.5 Å². The molecule has 11 heteroatoms. The van der Waals surface area contributed by atoms with E-state index in [4.69, 9.17) is 9.84 Å². The normalized spacial score (nSPS) is 11.8. The summed E-state index contributed by atoms with van der Waals surface area (Å²) in [6.45, 7) is 1.89. The van der Waals surface area contributed by atoms with Crippen LogP contribution in [0.1, 0.15) is 21.1 Å². The Labute approximate surface area is 187 Å². The molecule has 0 unspecified atom stereocenters. The van der Waals surface area contributed by atoms with Crippen LogP contribution in [0.15, 0.2) is 36.4 Å². The highest BCUT2D eigenvalue weighted by Crippen LogP contribution is 2.35. The van der Waals surface area contributed by atoms with Gasteiger partial charge in [0.1, 0.15) is 28.2 Å². The minimum absolute atomic E-state index is 0.150. The van der Waals surface area contributed by atoms with Crippen molar-refractivity contribution in [2.75, 3.05) is 0 Å². The quantitative estimate of drug-likeness (QED) is 0.337. The summed E-state index contributed by atoms with van der Waals surface area (Å²) >= 11 is 2.50. The maximum atomic E-state index is 13.9. The minimum atomic E-state index is -4.76. The zero-order chi connectivity index (χ0) is 23.0. The standard InChI is InChI=1S/C21H14F4N2O3S2/c1-10-17(32-20(26-10)11-2-4-13(14(22)6-11)21(23,24)25)9-30-12-3-5-16-15(7-12)27-18(31-16)8-19(28)29/h2-7H,8-9H2,1H3,(H,28,29). The number of thiazole rings is 2. The van der Waals surface area contributed by atoms with Gasteiger partial charge in [-0.1, -0.05) is 6.07 Å². The number of nitrogens with zero attached hydrogens (tertiary/aromatic N) is 2. The molecule has 0 radical (unpaired) electrons. The highest BCUT2D eigenvalue weighted by molar-refractivity contribution is 7.18. The van der Waals surface area contributed by atoms with Gasteiger partial charge in [-0.2, -0.15) is 13.2 Å². The zero-order valence-corrected chi connectivity index (χ0v) is 18.0. The van der Waals surface area contributed by atoms with E-state index in [2.05, 4.69) is 9.97 Å². The van der Waals surface area contributed by atoms with Crippen LogP contribution in [0.2, 0.25) is 0 Å². The Morgan fingerprint density at radius 3 is 2.59 bits per heavy atom. The molecule has 5 nitrogen and oxygen atoms in total. The number of hydrogen-bond acceptors (Lipinski definition) is 6. The third-order valence-corrected chi connectivity index (χ3v) is 6.71. The Kier molecular flexibility index (Phi) is 5.87. The second-order valence-corrected chi connectivity index (χ2v) is 9.02. The van der Waals surface area contributed by atoms with Crippen LogP contribution in [0.5, 0.6) is 5.75 Å². The number of alkyl halides is 3. The summed E-state index contributed by atoms with van der Waals surface area (Å²) in [6.07, 6.45) is -4.91. The fourth-order valence-corrected chi connectivity index (χ4v) is 4.87. The minimum Gasteiger partial charge on any atom is -0.488 e. The van der Waals surface area contributed by atoms with Gasteiger partial charge in [-0.3, -0.25) is 4.79 Å². The third kappa shape index (κ3) is 4.73. The monoisotopic (exact) mass is 482 g/mol. The summed E-state index contributed by atoms with van der Waals surface area (Å²) in [7, 11) is 0. The summed E-state index contributed by atoms with van der Waals surface area (Å²) in [5, 5.41) is 9.79. The SMILES string of the molecule is Cc1nc(-c2ccc(C(F)(F)F)c(F)c2)sc1COc1ccc2sc(CC(=O)O)nc2c1. The molecule has 0 spiro atoms. The maximum Gasteiger partial charge on any atom is 0.419 e. The van der Waals surface area contributed by atoms with E-state index in [9.17, 15) is 22.4 Å². The van der Waals surface area contributed by atoms with Crippen LogP contribution in [-0.4, -0.2) is 21.0 Å². The van der Waals surface area contributed by atoms with Gasteiger partial charge < -0.3 is 9.84 Å². The number of carboxylic acid groups (broad SMARTS) is 1. The van der Waals surface area contributed by atoms with E-state index in [1.54, 1.807) is 25.1 Å². The van der Waals surface area contributed by atoms with Gasteiger partial charge in [-0.15, -0.1) is 22.7 Å². The topological polar surface area (TPSA) is 72.3 Å². The molecular weight excluding hydrogens is 468 g/mol. The number of hydrogen-bond donors (Lipinski definition) is 1. The Morgan fingerprint density at radius 2 is 1.91 bits per heavy atom. The maximum absolute atomic E-state index is 13.9. The first kappa shape index (κ1) is 22.2. The number of benzene rings is 2. The van der Waals surface area contributed by atoms with Crippen molar-refractivity contribution in [3.63, 3.8) is 0 Å². The van der Waals surface area contributed by atoms with Crippen molar-refractivity contribution in [1.82, 2.24) is 9.97 Å². The van der Waals surface area contributed by atoms with E-state index in [0.29, 0.717) is 33.0 Å². The Balaban J connectivity index is 1.50. The van der Waals surface area contributed by atoms with E-state index >= 15 is 0 Å². The number of ether oxygens (including phenoxy) is 1. The van der Waals surface area contributed by atoms with Crippen molar-refractivity contribution in [1.29, 1.82) is 0 Å². The molecule has 0 bridgehead atoms. The second kappa shape index (κ2) is 8.47. The Hall–Kier alpha value is -3.05. The lowest BCUT2D eigenvalue weighted by Crippen LogP contribution is -2.07. The molecule has 2 heterocycles. The molecule has 4 aromatic rings. The molecule has 166 valence electrons. The molecule has 0 aliphatic rings. The first-order valence-electron chi connectivity index (χ1n) is 9.17. The number of aromatic nitrogens is 2. The molecule has 0 saturated carbocycles. The number of aryl methyl sites for hydroxylation is 1. The third-order valence-electron chi connectivity index (χ3n) is 4.49. The number of rotatable bonds is 6. The van der Waals surface area contributed by atoms with Crippen LogP contribution in [-0.2, 0) is 24.0 Å². The van der Waals surface area contributed by atoms with Crippen LogP contribution in [0.4, 0.5) is 17.6 Å². The summed E-state index contributed by atoms with van der Waals surface area (Å²) in [5.74, 6) is -1.77. The van der Waals surface area contributed by atoms with Crippen molar-refractivity contribution in [3.8, 4) is 16.3 Å². The molecule has 0 amide bonds. The van der Waals surface area contributed by atoms with Crippen molar-refractivity contribution < 1.29 is 32.2 Å². The van der Waals surface area contributed by atoms with Gasteiger partial charge in [0.05, 0.1) is 32.8 Å². The molecule has 4 rings (SSSR count). The smallest absolute Gasteiger partial charge is 0.419 e. The number of carbonyl (C=O) groups is 1. The average Bonchev–Trinajstić information content (AvgIpc) is 3.26. The molecule has 0 aliphatic carbocycles. The van der Waals surface area contributed by atoms with Gasteiger partial charge in [0.25, 0.3) is 0 Å². The van der Waals surface area contributed by atoms with Gasteiger partial charge in [-0.25, -0.2) is 14.4 Å². The van der Waals surface area contributed by atoms with E-state index in [1.807, 2.05) is 0 Å². The molecule has 0 fully saturated rings. The molecule has 2 aromatic heterocycles. The Bertz CT molecular complexity index is 1310. The fraction of sp³-hybridized carbons (Fsp3) is 0.190. The predicted octanol–water partition coefficient (Wildman–Crippen LogP) is 6.09. The summed E-state index contributed by atoms with van der Waals surface area (Å²) in [5.41, 5.74) is 0.196. The molecule has 0 saturated heterocycles. The van der Waals surface area contributed by atoms with Gasteiger partial charge >= 0.3 is 12.1 Å². The lowest BCUT2D eigenvalue weighted by molar-refractivity contribution is -0.140. The lowest BCUT2D eigenvalue weighted by atomic mass is 10.1. The number of fused-ring (bicyclic) bond motifs is 1. The predicted molar refractivity (Wildman–Crippen MR) is 113 cm³/mol. The highest BCUT2D eigenvalue weighted by atomic mass is 32.1. The average molecular weight is 482 g/mol. The van der Waals surface area contributed by atoms with Gasteiger partial charge in [0.2, 0.25) is 0 Å². The van der Waals surface area contributed by atoms with Crippen molar-refractivity contribution in [2.24, 2.45) is 0 Å². The molecular formula is C21H14F4N2O3S2. The summed E-state index contributed by atoms with van der Waals surface area (Å²) in [6, 6.07) is 7.98. The van der Waals surface area contributed by atoms with Crippen LogP contribution in [0, 0.1) is 12.7 Å². The first-order chi connectivity index (χ1) is 15.1.